The Balaban J connectivity index is 1.51. The van der Waals surface area contributed by atoms with Crippen LogP contribution in [0.3, 0.4) is 0 Å². The van der Waals surface area contributed by atoms with Gasteiger partial charge in [0.1, 0.15) is 0 Å². The Labute approximate surface area is 148 Å². The molecule has 140 valence electrons. The number of carboxylic acids is 1. The van der Waals surface area contributed by atoms with E-state index >= 15 is 0 Å². The molecular formula is C17H28N4O4. The highest BCUT2D eigenvalue weighted by Gasteiger charge is 2.42. The molecule has 2 N–H and O–H groups in total. The van der Waals surface area contributed by atoms with E-state index in [0.29, 0.717) is 19.5 Å². The Hall–Kier alpha value is -1.99. The fraction of sp³-hybridized carbons (Fsp3) is 0.824. The molecule has 3 rings (SSSR count). The van der Waals surface area contributed by atoms with Crippen molar-refractivity contribution in [3.05, 3.63) is 0 Å². The number of carboxylic acid groups (broad SMARTS) is 1. The second-order valence-corrected chi connectivity index (χ2v) is 7.75. The minimum absolute atomic E-state index is 0.0653. The lowest BCUT2D eigenvalue weighted by Gasteiger charge is -2.36. The largest absolute Gasteiger partial charge is 0.481 e. The lowest BCUT2D eigenvalue weighted by atomic mass is 9.90. The Kier molecular flexibility index (Phi) is 5.06. The van der Waals surface area contributed by atoms with Crippen LogP contribution in [0.25, 0.3) is 0 Å². The summed E-state index contributed by atoms with van der Waals surface area (Å²) in [6.45, 7) is 5.30. The van der Waals surface area contributed by atoms with Gasteiger partial charge in [-0.2, -0.15) is 0 Å². The molecule has 3 fully saturated rings. The molecule has 0 bridgehead atoms. The highest BCUT2D eigenvalue weighted by molar-refractivity contribution is 5.80. The zero-order valence-electron chi connectivity index (χ0n) is 14.9. The third-order valence-electron chi connectivity index (χ3n) is 5.67. The average molecular weight is 352 g/mol. The number of nitrogens with one attached hydrogen (secondary N) is 1. The fourth-order valence-electron chi connectivity index (χ4n) is 3.95. The fourth-order valence-corrected chi connectivity index (χ4v) is 3.95. The zero-order chi connectivity index (χ0) is 18.0. The van der Waals surface area contributed by atoms with Gasteiger partial charge in [0.05, 0.1) is 5.41 Å². The molecule has 0 aromatic carbocycles. The highest BCUT2D eigenvalue weighted by Crippen LogP contribution is 2.30. The number of carbonyl (C=O) groups excluding carboxylic acids is 2. The minimum atomic E-state index is -0.859. The van der Waals surface area contributed by atoms with E-state index in [1.54, 1.807) is 11.8 Å². The van der Waals surface area contributed by atoms with Crippen LogP contribution in [0.4, 0.5) is 9.59 Å². The third-order valence-corrected chi connectivity index (χ3v) is 5.67. The van der Waals surface area contributed by atoms with Crippen molar-refractivity contribution in [3.8, 4) is 0 Å². The average Bonchev–Trinajstić information content (AvgIpc) is 3.25. The molecule has 3 saturated heterocycles. The maximum Gasteiger partial charge on any atom is 0.320 e. The Bertz CT molecular complexity index is 549. The van der Waals surface area contributed by atoms with Crippen LogP contribution in [0.15, 0.2) is 0 Å². The molecule has 2 atom stereocenters. The van der Waals surface area contributed by atoms with Gasteiger partial charge in [-0.3, -0.25) is 4.79 Å². The van der Waals surface area contributed by atoms with Crippen LogP contribution < -0.4 is 5.32 Å². The SMILES string of the molecule is CC1(C(=O)O)CCN(C(=O)NC2CCCN(C(=O)N3CCCC3)C2)C1. The lowest BCUT2D eigenvalue weighted by molar-refractivity contribution is -0.147. The summed E-state index contributed by atoms with van der Waals surface area (Å²) >= 11 is 0. The van der Waals surface area contributed by atoms with Gasteiger partial charge in [0, 0.05) is 45.3 Å². The number of aliphatic carboxylic acids is 1. The summed E-state index contributed by atoms with van der Waals surface area (Å²) in [5.41, 5.74) is -0.859. The van der Waals surface area contributed by atoms with Gasteiger partial charge in [-0.15, -0.1) is 0 Å². The van der Waals surface area contributed by atoms with Crippen molar-refractivity contribution in [2.24, 2.45) is 5.41 Å². The van der Waals surface area contributed by atoms with Gasteiger partial charge in [0.25, 0.3) is 0 Å². The van der Waals surface area contributed by atoms with Crippen LogP contribution in [0.2, 0.25) is 0 Å². The molecule has 0 spiro atoms. The molecule has 0 radical (unpaired) electrons. The quantitative estimate of drug-likeness (QED) is 0.780. The van der Waals surface area contributed by atoms with E-state index in [0.717, 1.165) is 45.3 Å². The summed E-state index contributed by atoms with van der Waals surface area (Å²) in [7, 11) is 0. The summed E-state index contributed by atoms with van der Waals surface area (Å²) in [5, 5.41) is 12.3. The first-order chi connectivity index (χ1) is 11.9. The topological polar surface area (TPSA) is 93.2 Å². The minimum Gasteiger partial charge on any atom is -0.481 e. The van der Waals surface area contributed by atoms with Gasteiger partial charge in [-0.05, 0) is 39.0 Å². The van der Waals surface area contributed by atoms with Gasteiger partial charge < -0.3 is 25.1 Å². The predicted molar refractivity (Wildman–Crippen MR) is 91.3 cm³/mol. The summed E-state index contributed by atoms with van der Waals surface area (Å²) < 4.78 is 0. The van der Waals surface area contributed by atoms with Crippen molar-refractivity contribution in [2.75, 3.05) is 39.3 Å². The highest BCUT2D eigenvalue weighted by atomic mass is 16.4. The second kappa shape index (κ2) is 7.09. The van der Waals surface area contributed by atoms with E-state index in [9.17, 15) is 19.5 Å². The predicted octanol–water partition coefficient (Wildman–Crippen LogP) is 1.17. The third kappa shape index (κ3) is 3.82. The summed E-state index contributed by atoms with van der Waals surface area (Å²) in [5.74, 6) is -0.858. The normalized spacial score (nSPS) is 29.8. The van der Waals surface area contributed by atoms with Gasteiger partial charge in [0.15, 0.2) is 0 Å². The van der Waals surface area contributed by atoms with E-state index in [-0.39, 0.29) is 24.6 Å². The Morgan fingerprint density at radius 3 is 2.32 bits per heavy atom. The number of nitrogens with zero attached hydrogens (tertiary/aromatic N) is 3. The van der Waals surface area contributed by atoms with Gasteiger partial charge in [-0.1, -0.05) is 0 Å². The molecule has 0 aliphatic carbocycles. The Morgan fingerprint density at radius 1 is 1.00 bits per heavy atom. The molecule has 25 heavy (non-hydrogen) atoms. The number of urea groups is 2. The number of likely N-dealkylation sites (tertiary alicyclic amines) is 3. The Morgan fingerprint density at radius 2 is 1.68 bits per heavy atom. The van der Waals surface area contributed by atoms with Crippen LogP contribution in [-0.2, 0) is 4.79 Å². The second-order valence-electron chi connectivity index (χ2n) is 7.75. The molecule has 0 aromatic rings. The molecule has 0 saturated carbocycles. The first-order valence-corrected chi connectivity index (χ1v) is 9.22. The summed E-state index contributed by atoms with van der Waals surface area (Å²) in [4.78, 5) is 41.6. The smallest absolute Gasteiger partial charge is 0.320 e. The molecule has 0 aromatic heterocycles. The van der Waals surface area contributed by atoms with Gasteiger partial charge in [0.2, 0.25) is 0 Å². The van der Waals surface area contributed by atoms with Crippen LogP contribution in [0.5, 0.6) is 0 Å². The molecule has 3 aliphatic rings. The lowest BCUT2D eigenvalue weighted by Crippen LogP contribution is -2.54. The van der Waals surface area contributed by atoms with E-state index in [4.69, 9.17) is 0 Å². The van der Waals surface area contributed by atoms with Crippen LogP contribution >= 0.6 is 0 Å². The maximum absolute atomic E-state index is 12.5. The maximum atomic E-state index is 12.5. The first kappa shape index (κ1) is 17.8. The van der Waals surface area contributed by atoms with Crippen molar-refractivity contribution >= 4 is 18.0 Å². The molecule has 4 amide bonds. The first-order valence-electron chi connectivity index (χ1n) is 9.22. The van der Waals surface area contributed by atoms with E-state index in [1.807, 2.05) is 9.80 Å². The summed E-state index contributed by atoms with van der Waals surface area (Å²) in [6.07, 6.45) is 4.32. The number of hydrogen-bond acceptors (Lipinski definition) is 3. The van der Waals surface area contributed by atoms with Gasteiger partial charge in [-0.25, -0.2) is 9.59 Å². The van der Waals surface area contributed by atoms with Crippen LogP contribution in [0, 0.1) is 5.41 Å². The van der Waals surface area contributed by atoms with E-state index in [2.05, 4.69) is 5.32 Å². The van der Waals surface area contributed by atoms with Crippen molar-refractivity contribution in [1.29, 1.82) is 0 Å². The molecule has 8 nitrogen and oxygen atoms in total. The number of amides is 4. The number of piperidine rings is 1. The monoisotopic (exact) mass is 352 g/mol. The van der Waals surface area contributed by atoms with Crippen LogP contribution in [-0.4, -0.2) is 83.1 Å². The number of hydrogen-bond donors (Lipinski definition) is 2. The molecular weight excluding hydrogens is 324 g/mol. The number of carbonyl (C=O) groups is 3. The molecule has 3 aliphatic heterocycles. The number of rotatable bonds is 2. The van der Waals surface area contributed by atoms with Gasteiger partial charge >= 0.3 is 18.0 Å². The summed E-state index contributed by atoms with van der Waals surface area (Å²) in [6, 6.07) is -0.203. The van der Waals surface area contributed by atoms with Crippen molar-refractivity contribution in [2.45, 2.75) is 45.1 Å². The zero-order valence-corrected chi connectivity index (χ0v) is 14.9. The van der Waals surface area contributed by atoms with E-state index in [1.165, 1.54) is 0 Å². The standard InChI is InChI=1S/C17H28N4O4/c1-17(14(22)23)6-10-21(12-17)15(24)18-13-5-4-9-20(11-13)16(25)19-7-2-3-8-19/h13H,2-12H2,1H3,(H,18,24)(H,22,23). The van der Waals surface area contributed by atoms with E-state index < -0.39 is 11.4 Å². The molecule has 3 heterocycles. The van der Waals surface area contributed by atoms with Crippen molar-refractivity contribution < 1.29 is 19.5 Å². The van der Waals surface area contributed by atoms with Crippen LogP contribution in [0.1, 0.15) is 39.0 Å². The molecule has 2 unspecified atom stereocenters. The van der Waals surface area contributed by atoms with Crippen molar-refractivity contribution in [1.82, 2.24) is 20.0 Å². The van der Waals surface area contributed by atoms with Crippen molar-refractivity contribution in [3.63, 3.8) is 0 Å². The molecule has 8 heteroatoms.